The van der Waals surface area contributed by atoms with Crippen molar-refractivity contribution in [2.45, 2.75) is 39.7 Å². The molecule has 0 aromatic heterocycles. The monoisotopic (exact) mass is 199 g/mol. The minimum absolute atomic E-state index is 0.358. The standard InChI is InChI=1S/C10H21N3O/c1-8(2)6-7-14-10(3,4)9(11)13-12-5/h8H,5-7H2,1-4H3,(H2,11,13). The molecule has 0 aliphatic heterocycles. The number of hydrogen-bond donors (Lipinski definition) is 1. The van der Waals surface area contributed by atoms with E-state index in [9.17, 15) is 0 Å². The van der Waals surface area contributed by atoms with Crippen molar-refractivity contribution < 1.29 is 4.74 Å². The van der Waals surface area contributed by atoms with Crippen molar-refractivity contribution in [1.82, 2.24) is 0 Å². The van der Waals surface area contributed by atoms with Gasteiger partial charge in [0.05, 0.1) is 0 Å². The van der Waals surface area contributed by atoms with Gasteiger partial charge in [-0.05, 0) is 26.2 Å². The number of hydrogen-bond acceptors (Lipinski definition) is 3. The third-order valence-corrected chi connectivity index (χ3v) is 1.95. The van der Waals surface area contributed by atoms with E-state index in [-0.39, 0.29) is 0 Å². The van der Waals surface area contributed by atoms with Crippen LogP contribution in [0.2, 0.25) is 0 Å². The van der Waals surface area contributed by atoms with Crippen LogP contribution in [0.15, 0.2) is 10.2 Å². The van der Waals surface area contributed by atoms with Gasteiger partial charge in [-0.2, -0.15) is 5.10 Å². The Morgan fingerprint density at radius 3 is 2.50 bits per heavy atom. The highest BCUT2D eigenvalue weighted by molar-refractivity contribution is 5.88. The lowest BCUT2D eigenvalue weighted by molar-refractivity contribution is 0.0275. The van der Waals surface area contributed by atoms with Crippen molar-refractivity contribution in [3.05, 3.63) is 0 Å². The van der Waals surface area contributed by atoms with Crippen LogP contribution in [-0.2, 0) is 4.74 Å². The molecule has 2 N–H and O–H groups in total. The largest absolute Gasteiger partial charge is 0.383 e. The highest BCUT2D eigenvalue weighted by Crippen LogP contribution is 2.11. The molecule has 0 bridgehead atoms. The van der Waals surface area contributed by atoms with E-state index in [1.807, 2.05) is 13.8 Å². The van der Waals surface area contributed by atoms with Crippen LogP contribution in [0.25, 0.3) is 0 Å². The first-order valence-electron chi connectivity index (χ1n) is 4.83. The Bertz CT molecular complexity index is 209. The van der Waals surface area contributed by atoms with Gasteiger partial charge in [-0.15, -0.1) is 5.10 Å². The summed E-state index contributed by atoms with van der Waals surface area (Å²) in [4.78, 5) is 0. The minimum atomic E-state index is -0.559. The molecular formula is C10H21N3O. The van der Waals surface area contributed by atoms with Crippen LogP contribution >= 0.6 is 0 Å². The molecule has 4 heteroatoms. The zero-order valence-electron chi connectivity index (χ0n) is 9.58. The molecule has 14 heavy (non-hydrogen) atoms. The van der Waals surface area contributed by atoms with Gasteiger partial charge in [0.25, 0.3) is 0 Å². The molecule has 0 unspecified atom stereocenters. The van der Waals surface area contributed by atoms with E-state index in [4.69, 9.17) is 10.5 Å². The maximum Gasteiger partial charge on any atom is 0.154 e. The molecule has 4 nitrogen and oxygen atoms in total. The third-order valence-electron chi connectivity index (χ3n) is 1.95. The molecule has 0 aromatic rings. The first-order chi connectivity index (χ1) is 6.40. The normalized spacial score (nSPS) is 13.4. The minimum Gasteiger partial charge on any atom is -0.383 e. The van der Waals surface area contributed by atoms with Crippen molar-refractivity contribution in [3.63, 3.8) is 0 Å². The molecule has 0 aromatic carbocycles. The second-order valence-corrected chi connectivity index (χ2v) is 4.17. The summed E-state index contributed by atoms with van der Waals surface area (Å²) in [6, 6.07) is 0. The van der Waals surface area contributed by atoms with Crippen LogP contribution in [0.3, 0.4) is 0 Å². The van der Waals surface area contributed by atoms with Gasteiger partial charge < -0.3 is 10.5 Å². The van der Waals surface area contributed by atoms with Crippen LogP contribution < -0.4 is 5.73 Å². The topological polar surface area (TPSA) is 60.0 Å². The lowest BCUT2D eigenvalue weighted by Gasteiger charge is -2.24. The fourth-order valence-electron chi connectivity index (χ4n) is 0.820. The predicted octanol–water partition coefficient (Wildman–Crippen LogP) is 1.80. The maximum absolute atomic E-state index is 5.67. The summed E-state index contributed by atoms with van der Waals surface area (Å²) in [5.74, 6) is 0.984. The Morgan fingerprint density at radius 2 is 2.07 bits per heavy atom. The van der Waals surface area contributed by atoms with Gasteiger partial charge in [0.15, 0.2) is 5.84 Å². The van der Waals surface area contributed by atoms with Crippen molar-refractivity contribution >= 4 is 12.6 Å². The van der Waals surface area contributed by atoms with E-state index in [0.717, 1.165) is 6.42 Å². The molecule has 0 aliphatic rings. The lowest BCUT2D eigenvalue weighted by atomic mass is 10.1. The molecule has 0 atom stereocenters. The van der Waals surface area contributed by atoms with Gasteiger partial charge in [0, 0.05) is 13.3 Å². The zero-order valence-corrected chi connectivity index (χ0v) is 9.58. The van der Waals surface area contributed by atoms with E-state index >= 15 is 0 Å². The van der Waals surface area contributed by atoms with Crippen LogP contribution in [0.4, 0.5) is 0 Å². The van der Waals surface area contributed by atoms with Crippen LogP contribution in [0.5, 0.6) is 0 Å². The van der Waals surface area contributed by atoms with Gasteiger partial charge in [-0.1, -0.05) is 13.8 Å². The smallest absolute Gasteiger partial charge is 0.154 e. The van der Waals surface area contributed by atoms with E-state index in [2.05, 4.69) is 30.8 Å². The van der Waals surface area contributed by atoms with E-state index in [1.54, 1.807) is 0 Å². The van der Waals surface area contributed by atoms with Gasteiger partial charge in [-0.25, -0.2) is 0 Å². The molecule has 0 rings (SSSR count). The first-order valence-corrected chi connectivity index (χ1v) is 4.83. The molecule has 0 saturated heterocycles. The molecule has 0 radical (unpaired) electrons. The highest BCUT2D eigenvalue weighted by Gasteiger charge is 2.23. The Morgan fingerprint density at radius 1 is 1.50 bits per heavy atom. The molecule has 0 aliphatic carbocycles. The summed E-state index contributed by atoms with van der Waals surface area (Å²) < 4.78 is 5.61. The Kier molecular flexibility index (Phi) is 5.38. The van der Waals surface area contributed by atoms with Crippen molar-refractivity contribution in [1.29, 1.82) is 0 Å². The average molecular weight is 199 g/mol. The summed E-state index contributed by atoms with van der Waals surface area (Å²) in [5, 5.41) is 7.06. The fourth-order valence-corrected chi connectivity index (χ4v) is 0.820. The van der Waals surface area contributed by atoms with Crippen molar-refractivity contribution in [2.75, 3.05) is 6.61 Å². The van der Waals surface area contributed by atoms with Crippen LogP contribution in [0, 0.1) is 5.92 Å². The molecule has 0 saturated carbocycles. The van der Waals surface area contributed by atoms with E-state index in [1.165, 1.54) is 0 Å². The summed E-state index contributed by atoms with van der Waals surface area (Å²) in [5.41, 5.74) is 5.11. The second-order valence-electron chi connectivity index (χ2n) is 4.17. The quantitative estimate of drug-likeness (QED) is 0.403. The number of rotatable bonds is 6. The van der Waals surface area contributed by atoms with E-state index < -0.39 is 5.60 Å². The number of ether oxygens (including phenoxy) is 1. The second kappa shape index (κ2) is 5.75. The lowest BCUT2D eigenvalue weighted by Crippen LogP contribution is -2.41. The summed E-state index contributed by atoms with van der Waals surface area (Å²) in [7, 11) is 0. The summed E-state index contributed by atoms with van der Waals surface area (Å²) >= 11 is 0. The van der Waals surface area contributed by atoms with Crippen LogP contribution in [-0.4, -0.2) is 24.8 Å². The fraction of sp³-hybridized carbons (Fsp3) is 0.800. The molecule has 0 fully saturated rings. The number of nitrogens with two attached hydrogens (primary N) is 1. The summed E-state index contributed by atoms with van der Waals surface area (Å²) in [6.45, 7) is 12.0. The first kappa shape index (κ1) is 13.1. The van der Waals surface area contributed by atoms with Gasteiger partial charge >= 0.3 is 0 Å². The molecule has 82 valence electrons. The summed E-state index contributed by atoms with van der Waals surface area (Å²) in [6.07, 6.45) is 1.01. The molecule has 0 amide bonds. The Balaban J connectivity index is 4.06. The van der Waals surface area contributed by atoms with E-state index in [0.29, 0.717) is 18.4 Å². The van der Waals surface area contributed by atoms with Crippen LogP contribution in [0.1, 0.15) is 34.1 Å². The van der Waals surface area contributed by atoms with Gasteiger partial charge in [0.2, 0.25) is 0 Å². The molecular weight excluding hydrogens is 178 g/mol. The zero-order chi connectivity index (χ0) is 11.2. The predicted molar refractivity (Wildman–Crippen MR) is 60.7 cm³/mol. The molecule has 0 heterocycles. The molecule has 0 spiro atoms. The number of amidine groups is 1. The van der Waals surface area contributed by atoms with Crippen molar-refractivity contribution in [3.8, 4) is 0 Å². The Labute approximate surface area is 86.2 Å². The SMILES string of the molecule is C=NN=C(N)C(C)(C)OCCC(C)C. The van der Waals surface area contributed by atoms with Crippen molar-refractivity contribution in [2.24, 2.45) is 21.9 Å². The Hall–Kier alpha value is -0.900. The maximum atomic E-state index is 5.67. The van der Waals surface area contributed by atoms with Gasteiger partial charge in [-0.3, -0.25) is 0 Å². The number of nitrogens with zero attached hydrogens (tertiary/aromatic N) is 2. The average Bonchev–Trinajstić information content (AvgIpc) is 2.03. The van der Waals surface area contributed by atoms with Gasteiger partial charge in [0.1, 0.15) is 5.60 Å². The third kappa shape index (κ3) is 4.97. The highest BCUT2D eigenvalue weighted by atomic mass is 16.5.